The van der Waals surface area contributed by atoms with Gasteiger partial charge in [-0.05, 0) is 25.5 Å². The Balaban J connectivity index is 2.04. The van der Waals surface area contributed by atoms with Crippen LogP contribution in [0.4, 0.5) is 0 Å². The molecule has 1 fully saturated rings. The standard InChI is InChI=1S/C14H18N2O2/c1-9(2)18-12-5-3-4-10-11-8-15-6-7-16(11)14(17)13(10)12/h3-5,9,11,15H,6-8H2,1-2H3. The molecule has 4 heteroatoms. The van der Waals surface area contributed by atoms with Crippen LogP contribution in [-0.4, -0.2) is 36.5 Å². The average Bonchev–Trinajstić information content (AvgIpc) is 2.65. The fraction of sp³-hybridized carbons (Fsp3) is 0.500. The molecule has 1 atom stereocenters. The highest BCUT2D eigenvalue weighted by Crippen LogP contribution is 2.39. The van der Waals surface area contributed by atoms with E-state index < -0.39 is 0 Å². The molecule has 0 aromatic heterocycles. The molecule has 0 bridgehead atoms. The van der Waals surface area contributed by atoms with Crippen LogP contribution in [0.3, 0.4) is 0 Å². The van der Waals surface area contributed by atoms with Crippen LogP contribution in [0.2, 0.25) is 0 Å². The first-order valence-corrected chi connectivity index (χ1v) is 6.49. The first kappa shape index (κ1) is 11.5. The molecule has 2 aliphatic heterocycles. The van der Waals surface area contributed by atoms with E-state index in [9.17, 15) is 4.79 Å². The van der Waals surface area contributed by atoms with Crippen molar-refractivity contribution in [3.63, 3.8) is 0 Å². The molecule has 1 unspecified atom stereocenters. The number of benzene rings is 1. The van der Waals surface area contributed by atoms with Crippen molar-refractivity contribution in [1.82, 2.24) is 10.2 Å². The van der Waals surface area contributed by atoms with Gasteiger partial charge in [-0.1, -0.05) is 12.1 Å². The van der Waals surface area contributed by atoms with E-state index in [0.29, 0.717) is 0 Å². The third-order valence-corrected chi connectivity index (χ3v) is 3.50. The molecule has 1 aromatic rings. The van der Waals surface area contributed by atoms with Crippen LogP contribution in [0.25, 0.3) is 0 Å². The van der Waals surface area contributed by atoms with Gasteiger partial charge in [0.2, 0.25) is 0 Å². The number of piperazine rings is 1. The number of amides is 1. The summed E-state index contributed by atoms with van der Waals surface area (Å²) in [4.78, 5) is 14.4. The minimum atomic E-state index is 0.0834. The zero-order valence-electron chi connectivity index (χ0n) is 10.8. The molecule has 1 amide bonds. The first-order chi connectivity index (χ1) is 8.68. The Bertz CT molecular complexity index is 485. The maximum atomic E-state index is 12.5. The lowest BCUT2D eigenvalue weighted by atomic mass is 10.0. The molecule has 18 heavy (non-hydrogen) atoms. The van der Waals surface area contributed by atoms with Gasteiger partial charge in [-0.15, -0.1) is 0 Å². The van der Waals surface area contributed by atoms with Gasteiger partial charge >= 0.3 is 0 Å². The number of carbonyl (C=O) groups is 1. The Hall–Kier alpha value is -1.55. The third-order valence-electron chi connectivity index (χ3n) is 3.50. The Morgan fingerprint density at radius 2 is 2.28 bits per heavy atom. The number of carbonyl (C=O) groups excluding carboxylic acids is 1. The summed E-state index contributed by atoms with van der Waals surface area (Å²) in [5, 5.41) is 3.34. The van der Waals surface area contributed by atoms with Gasteiger partial charge in [-0.2, -0.15) is 0 Å². The van der Waals surface area contributed by atoms with Gasteiger partial charge in [0.25, 0.3) is 5.91 Å². The lowest BCUT2D eigenvalue weighted by Gasteiger charge is -2.30. The topological polar surface area (TPSA) is 41.6 Å². The monoisotopic (exact) mass is 246 g/mol. The van der Waals surface area contributed by atoms with Gasteiger partial charge in [-0.25, -0.2) is 0 Å². The summed E-state index contributed by atoms with van der Waals surface area (Å²) in [5.41, 5.74) is 1.87. The molecule has 4 nitrogen and oxygen atoms in total. The molecule has 3 rings (SSSR count). The highest BCUT2D eigenvalue weighted by Gasteiger charge is 2.40. The van der Waals surface area contributed by atoms with Crippen molar-refractivity contribution >= 4 is 5.91 Å². The zero-order valence-corrected chi connectivity index (χ0v) is 10.8. The Morgan fingerprint density at radius 1 is 1.44 bits per heavy atom. The van der Waals surface area contributed by atoms with Gasteiger partial charge in [-0.3, -0.25) is 4.79 Å². The van der Waals surface area contributed by atoms with Crippen molar-refractivity contribution in [1.29, 1.82) is 0 Å². The molecule has 0 spiro atoms. The van der Waals surface area contributed by atoms with Crippen molar-refractivity contribution in [2.45, 2.75) is 26.0 Å². The number of nitrogens with one attached hydrogen (secondary N) is 1. The van der Waals surface area contributed by atoms with Gasteiger partial charge in [0, 0.05) is 19.6 Å². The predicted octanol–water partition coefficient (Wildman–Crippen LogP) is 1.57. The molecule has 1 N–H and O–H groups in total. The highest BCUT2D eigenvalue weighted by molar-refractivity contribution is 6.02. The van der Waals surface area contributed by atoms with E-state index in [0.717, 1.165) is 36.5 Å². The molecular formula is C14H18N2O2. The van der Waals surface area contributed by atoms with E-state index in [4.69, 9.17) is 4.74 Å². The minimum Gasteiger partial charge on any atom is -0.490 e. The van der Waals surface area contributed by atoms with Crippen LogP contribution in [0.1, 0.15) is 35.8 Å². The maximum Gasteiger partial charge on any atom is 0.258 e. The third kappa shape index (κ3) is 1.68. The van der Waals surface area contributed by atoms with Crippen molar-refractivity contribution in [3.8, 4) is 5.75 Å². The predicted molar refractivity (Wildman–Crippen MR) is 68.9 cm³/mol. The van der Waals surface area contributed by atoms with E-state index in [1.54, 1.807) is 0 Å². The second-order valence-corrected chi connectivity index (χ2v) is 5.11. The first-order valence-electron chi connectivity index (χ1n) is 6.49. The minimum absolute atomic E-state index is 0.0834. The van der Waals surface area contributed by atoms with Crippen molar-refractivity contribution in [2.75, 3.05) is 19.6 Å². The van der Waals surface area contributed by atoms with E-state index in [-0.39, 0.29) is 18.1 Å². The number of ether oxygens (including phenoxy) is 1. The summed E-state index contributed by atoms with van der Waals surface area (Å²) in [6, 6.07) is 6.08. The van der Waals surface area contributed by atoms with Crippen LogP contribution >= 0.6 is 0 Å². The lowest BCUT2D eigenvalue weighted by Crippen LogP contribution is -2.44. The Labute approximate surface area is 107 Å². The highest BCUT2D eigenvalue weighted by atomic mass is 16.5. The summed E-state index contributed by atoms with van der Waals surface area (Å²) >= 11 is 0. The fourth-order valence-electron chi connectivity index (χ4n) is 2.78. The number of nitrogens with zero attached hydrogens (tertiary/aromatic N) is 1. The Kier molecular flexibility index (Phi) is 2.74. The molecule has 0 saturated carbocycles. The second kappa shape index (κ2) is 4.28. The Morgan fingerprint density at radius 3 is 3.06 bits per heavy atom. The largest absolute Gasteiger partial charge is 0.490 e. The molecular weight excluding hydrogens is 228 g/mol. The van der Waals surface area contributed by atoms with Crippen LogP contribution in [-0.2, 0) is 0 Å². The molecule has 2 aliphatic rings. The van der Waals surface area contributed by atoms with Crippen LogP contribution in [0.15, 0.2) is 18.2 Å². The molecule has 2 heterocycles. The summed E-state index contributed by atoms with van der Waals surface area (Å²) in [6.45, 7) is 6.45. The van der Waals surface area contributed by atoms with Gasteiger partial charge < -0.3 is 15.0 Å². The van der Waals surface area contributed by atoms with Crippen molar-refractivity contribution in [2.24, 2.45) is 0 Å². The SMILES string of the molecule is CC(C)Oc1cccc2c1C(=O)N1CCNCC21. The average molecular weight is 246 g/mol. The molecule has 0 aliphatic carbocycles. The zero-order chi connectivity index (χ0) is 12.7. The van der Waals surface area contributed by atoms with Crippen LogP contribution in [0, 0.1) is 0 Å². The normalized spacial score (nSPS) is 22.1. The quantitative estimate of drug-likeness (QED) is 0.861. The van der Waals surface area contributed by atoms with Crippen molar-refractivity contribution in [3.05, 3.63) is 29.3 Å². The van der Waals surface area contributed by atoms with E-state index >= 15 is 0 Å². The van der Waals surface area contributed by atoms with Gasteiger partial charge in [0.05, 0.1) is 17.7 Å². The van der Waals surface area contributed by atoms with E-state index in [1.807, 2.05) is 36.9 Å². The van der Waals surface area contributed by atoms with E-state index in [1.165, 1.54) is 0 Å². The molecule has 96 valence electrons. The number of fused-ring (bicyclic) bond motifs is 3. The summed E-state index contributed by atoms with van der Waals surface area (Å²) in [5.74, 6) is 0.842. The fourth-order valence-corrected chi connectivity index (χ4v) is 2.78. The summed E-state index contributed by atoms with van der Waals surface area (Å²) in [6.07, 6.45) is 0.0834. The summed E-state index contributed by atoms with van der Waals surface area (Å²) in [7, 11) is 0. The van der Waals surface area contributed by atoms with Crippen LogP contribution < -0.4 is 10.1 Å². The molecule has 1 aromatic carbocycles. The number of hydrogen-bond donors (Lipinski definition) is 1. The molecule has 0 radical (unpaired) electrons. The number of rotatable bonds is 2. The van der Waals surface area contributed by atoms with E-state index in [2.05, 4.69) is 5.32 Å². The van der Waals surface area contributed by atoms with Gasteiger partial charge in [0.15, 0.2) is 0 Å². The molecule has 1 saturated heterocycles. The van der Waals surface area contributed by atoms with Crippen LogP contribution in [0.5, 0.6) is 5.75 Å². The second-order valence-electron chi connectivity index (χ2n) is 5.11. The summed E-state index contributed by atoms with van der Waals surface area (Å²) < 4.78 is 5.77. The lowest BCUT2D eigenvalue weighted by molar-refractivity contribution is 0.0687. The number of hydrogen-bond acceptors (Lipinski definition) is 3. The smallest absolute Gasteiger partial charge is 0.258 e. The van der Waals surface area contributed by atoms with Crippen molar-refractivity contribution < 1.29 is 9.53 Å². The maximum absolute atomic E-state index is 12.5. The van der Waals surface area contributed by atoms with Gasteiger partial charge in [0.1, 0.15) is 5.75 Å².